The summed E-state index contributed by atoms with van der Waals surface area (Å²) < 4.78 is 44.8. The highest BCUT2D eigenvalue weighted by Crippen LogP contribution is 2.37. The van der Waals surface area contributed by atoms with E-state index in [1.54, 1.807) is 24.3 Å². The van der Waals surface area contributed by atoms with Crippen molar-refractivity contribution in [3.05, 3.63) is 53.6 Å². The Labute approximate surface area is 218 Å². The fourth-order valence-corrected chi connectivity index (χ4v) is 5.21. The molecule has 200 valence electrons. The number of nitrogens with one attached hydrogen (secondary N) is 1. The molecule has 1 N–H and O–H groups in total. The zero-order chi connectivity index (χ0) is 26.3. The summed E-state index contributed by atoms with van der Waals surface area (Å²) >= 11 is 0. The third kappa shape index (κ3) is 7.61. The number of oxime groups is 1. The lowest BCUT2D eigenvalue weighted by Crippen LogP contribution is -2.34. The second-order valence-corrected chi connectivity index (χ2v) is 11.0. The van der Waals surface area contributed by atoms with Gasteiger partial charge >= 0.3 is 16.5 Å². The molecule has 1 aliphatic heterocycles. The van der Waals surface area contributed by atoms with Gasteiger partial charge in [0, 0.05) is 11.8 Å². The predicted molar refractivity (Wildman–Crippen MR) is 140 cm³/mol. The van der Waals surface area contributed by atoms with Gasteiger partial charge in [-0.3, -0.25) is 5.32 Å². The Bertz CT molecular complexity index is 1200. The Kier molecular flexibility index (Phi) is 8.58. The molecule has 9 nitrogen and oxygen atoms in total. The standard InChI is InChI=1S/C27H34N2O7S/c1-27(2)24-19-23(15-16-25(24)29-26(30)34-27)33-18-8-4-7-17-28-36-37(31,32)35-22-13-11-21(12-14-22)20-9-5-3-6-10-20/h11-17,19-20H,3-10,18H2,1-2H3,(H,29,30). The van der Waals surface area contributed by atoms with Crippen LogP contribution in [-0.4, -0.2) is 27.3 Å². The van der Waals surface area contributed by atoms with Crippen molar-refractivity contribution in [1.29, 1.82) is 0 Å². The van der Waals surface area contributed by atoms with Crippen molar-refractivity contribution in [2.75, 3.05) is 11.9 Å². The van der Waals surface area contributed by atoms with Crippen LogP contribution in [0.25, 0.3) is 0 Å². The van der Waals surface area contributed by atoms with Gasteiger partial charge in [0.1, 0.15) is 17.1 Å². The maximum atomic E-state index is 12.0. The van der Waals surface area contributed by atoms with Crippen molar-refractivity contribution >= 4 is 28.4 Å². The maximum absolute atomic E-state index is 12.0. The molecular weight excluding hydrogens is 496 g/mol. The number of fused-ring (bicyclic) bond motifs is 1. The molecule has 0 radical (unpaired) electrons. The fraction of sp³-hybridized carbons (Fsp3) is 0.481. The summed E-state index contributed by atoms with van der Waals surface area (Å²) in [6.45, 7) is 4.13. The molecule has 1 heterocycles. The summed E-state index contributed by atoms with van der Waals surface area (Å²) in [6, 6.07) is 12.6. The zero-order valence-electron chi connectivity index (χ0n) is 21.3. The molecular formula is C27H34N2O7S. The van der Waals surface area contributed by atoms with E-state index in [0.29, 0.717) is 30.4 Å². The van der Waals surface area contributed by atoms with E-state index in [1.165, 1.54) is 43.9 Å². The molecule has 0 saturated heterocycles. The predicted octanol–water partition coefficient (Wildman–Crippen LogP) is 6.41. The second kappa shape index (κ2) is 11.9. The summed E-state index contributed by atoms with van der Waals surface area (Å²) in [5.74, 6) is 1.42. The first-order chi connectivity index (χ1) is 17.7. The van der Waals surface area contributed by atoms with Gasteiger partial charge in [-0.1, -0.05) is 36.6 Å². The van der Waals surface area contributed by atoms with Crippen molar-refractivity contribution < 1.29 is 31.2 Å². The largest absolute Gasteiger partial charge is 0.521 e. The molecule has 2 aromatic rings. The first-order valence-corrected chi connectivity index (χ1v) is 14.1. The van der Waals surface area contributed by atoms with Crippen LogP contribution in [0.3, 0.4) is 0 Å². The Balaban J connectivity index is 1.14. The van der Waals surface area contributed by atoms with Crippen LogP contribution in [0.4, 0.5) is 10.5 Å². The van der Waals surface area contributed by atoms with Crippen LogP contribution in [0.2, 0.25) is 0 Å². The number of cyclic esters (lactones) is 1. The molecule has 2 aromatic carbocycles. The molecule has 0 aromatic heterocycles. The molecule has 37 heavy (non-hydrogen) atoms. The van der Waals surface area contributed by atoms with Crippen LogP contribution in [0.1, 0.15) is 82.3 Å². The van der Waals surface area contributed by atoms with Crippen LogP contribution < -0.4 is 14.2 Å². The fourth-order valence-electron chi connectivity index (χ4n) is 4.67. The number of hydrogen-bond donors (Lipinski definition) is 1. The summed E-state index contributed by atoms with van der Waals surface area (Å²) in [4.78, 5) is 11.6. The number of anilines is 1. The lowest BCUT2D eigenvalue weighted by Gasteiger charge is -2.32. The number of nitrogens with zero attached hydrogens (tertiary/aromatic N) is 1. The van der Waals surface area contributed by atoms with Crippen molar-refractivity contribution in [3.63, 3.8) is 0 Å². The Hall–Kier alpha value is -3.27. The first-order valence-electron chi connectivity index (χ1n) is 12.7. The monoisotopic (exact) mass is 530 g/mol. The van der Waals surface area contributed by atoms with E-state index in [2.05, 4.69) is 14.8 Å². The Morgan fingerprint density at radius 2 is 1.78 bits per heavy atom. The van der Waals surface area contributed by atoms with Crippen molar-refractivity contribution in [3.8, 4) is 11.5 Å². The molecule has 0 bridgehead atoms. The highest BCUT2D eigenvalue weighted by atomic mass is 32.3. The van der Waals surface area contributed by atoms with Crippen molar-refractivity contribution in [1.82, 2.24) is 0 Å². The third-order valence-electron chi connectivity index (χ3n) is 6.58. The van der Waals surface area contributed by atoms with Crippen LogP contribution in [-0.2, 0) is 25.0 Å². The van der Waals surface area contributed by atoms with Crippen molar-refractivity contribution in [2.24, 2.45) is 5.16 Å². The minimum Gasteiger partial charge on any atom is -0.494 e. The number of benzene rings is 2. The Morgan fingerprint density at radius 1 is 1.05 bits per heavy atom. The highest BCUT2D eigenvalue weighted by molar-refractivity contribution is 7.82. The van der Waals surface area contributed by atoms with E-state index in [9.17, 15) is 13.2 Å². The zero-order valence-corrected chi connectivity index (χ0v) is 22.1. The molecule has 1 saturated carbocycles. The SMILES string of the molecule is CC1(C)OC(=O)Nc2ccc(OCCCCC=NOS(=O)(=O)Oc3ccc(C4CCCCC4)cc3)cc21. The molecule has 10 heteroatoms. The summed E-state index contributed by atoms with van der Waals surface area (Å²) in [5.41, 5.74) is 2.03. The number of unbranched alkanes of at least 4 members (excludes halogenated alkanes) is 2. The van der Waals surface area contributed by atoms with E-state index < -0.39 is 22.1 Å². The van der Waals surface area contributed by atoms with Crippen LogP contribution >= 0.6 is 0 Å². The van der Waals surface area contributed by atoms with Crippen LogP contribution in [0.5, 0.6) is 11.5 Å². The Morgan fingerprint density at radius 3 is 2.54 bits per heavy atom. The number of amides is 1. The number of ether oxygens (including phenoxy) is 2. The van der Waals surface area contributed by atoms with E-state index in [0.717, 1.165) is 18.4 Å². The molecule has 0 spiro atoms. The molecule has 4 rings (SSSR count). The van der Waals surface area contributed by atoms with E-state index in [-0.39, 0.29) is 5.75 Å². The highest BCUT2D eigenvalue weighted by Gasteiger charge is 2.33. The van der Waals surface area contributed by atoms with Gasteiger partial charge in [0.15, 0.2) is 0 Å². The molecule has 1 fully saturated rings. The number of rotatable bonds is 11. The number of carbonyl (C=O) groups excluding carboxylic acids is 1. The topological polar surface area (TPSA) is 113 Å². The third-order valence-corrected chi connectivity index (χ3v) is 7.25. The smallest absolute Gasteiger partial charge is 0.494 e. The molecule has 0 atom stereocenters. The average Bonchev–Trinajstić information content (AvgIpc) is 2.86. The van der Waals surface area contributed by atoms with Crippen molar-refractivity contribution in [2.45, 2.75) is 76.7 Å². The minimum absolute atomic E-state index is 0.200. The van der Waals surface area contributed by atoms with E-state index in [1.807, 2.05) is 32.0 Å². The minimum atomic E-state index is -4.29. The van der Waals surface area contributed by atoms with Gasteiger partial charge in [-0.2, -0.15) is 0 Å². The summed E-state index contributed by atoms with van der Waals surface area (Å²) in [5, 5.41) is 6.21. The molecule has 2 aliphatic rings. The lowest BCUT2D eigenvalue weighted by atomic mass is 9.84. The van der Waals surface area contributed by atoms with Gasteiger partial charge in [-0.15, -0.1) is 8.42 Å². The van der Waals surface area contributed by atoms with Gasteiger partial charge in [0.2, 0.25) is 0 Å². The lowest BCUT2D eigenvalue weighted by molar-refractivity contribution is 0.0418. The summed E-state index contributed by atoms with van der Waals surface area (Å²) in [6.07, 6.45) is 9.01. The first kappa shape index (κ1) is 26.8. The van der Waals surface area contributed by atoms with Gasteiger partial charge in [0.05, 0.1) is 12.3 Å². The normalized spacial score (nSPS) is 17.5. The number of carbonyl (C=O) groups is 1. The van der Waals surface area contributed by atoms with E-state index >= 15 is 0 Å². The van der Waals surface area contributed by atoms with Gasteiger partial charge in [-0.05, 0) is 87.8 Å². The van der Waals surface area contributed by atoms with E-state index in [4.69, 9.17) is 13.7 Å². The molecule has 1 amide bonds. The average molecular weight is 531 g/mol. The summed E-state index contributed by atoms with van der Waals surface area (Å²) in [7, 11) is -4.29. The van der Waals surface area contributed by atoms with Gasteiger partial charge in [0.25, 0.3) is 0 Å². The quantitative estimate of drug-likeness (QED) is 0.203. The van der Waals surface area contributed by atoms with Gasteiger partial charge < -0.3 is 13.7 Å². The van der Waals surface area contributed by atoms with Crippen LogP contribution in [0, 0.1) is 0 Å². The molecule has 1 aliphatic carbocycles. The number of hydrogen-bond acceptors (Lipinski definition) is 8. The van der Waals surface area contributed by atoms with Gasteiger partial charge in [-0.25, -0.2) is 9.08 Å². The maximum Gasteiger partial charge on any atom is 0.521 e. The van der Waals surface area contributed by atoms with Crippen LogP contribution in [0.15, 0.2) is 47.6 Å². The molecule has 0 unspecified atom stereocenters. The second-order valence-electron chi connectivity index (χ2n) is 9.83.